The molecule has 0 amide bonds. The predicted octanol–water partition coefficient (Wildman–Crippen LogP) is 4.75. The monoisotopic (exact) mass is 368 g/mol. The zero-order valence-corrected chi connectivity index (χ0v) is 15.4. The van der Waals surface area contributed by atoms with Crippen molar-refractivity contribution in [3.8, 4) is 11.6 Å². The van der Waals surface area contributed by atoms with Crippen molar-refractivity contribution in [3.63, 3.8) is 0 Å². The molecule has 0 fully saturated rings. The number of para-hydroxylation sites is 2. The van der Waals surface area contributed by atoms with E-state index in [-0.39, 0.29) is 5.88 Å². The number of hydrazone groups is 1. The average Bonchev–Trinajstić information content (AvgIpc) is 3.05. The van der Waals surface area contributed by atoms with Gasteiger partial charge in [-0.2, -0.15) is 10.2 Å². The maximum atomic E-state index is 11.0. The Labute approximate surface area is 163 Å². The molecule has 3 aromatic carbocycles. The number of hydrogen-bond acceptors (Lipinski definition) is 4. The van der Waals surface area contributed by atoms with Crippen molar-refractivity contribution in [1.29, 1.82) is 0 Å². The lowest BCUT2D eigenvalue weighted by molar-refractivity contribution is 0.432. The summed E-state index contributed by atoms with van der Waals surface area (Å²) in [6.45, 7) is 1.87. The fourth-order valence-electron chi connectivity index (χ4n) is 3.04. The number of anilines is 1. The van der Waals surface area contributed by atoms with Crippen molar-refractivity contribution in [2.24, 2.45) is 5.10 Å². The van der Waals surface area contributed by atoms with Gasteiger partial charge < -0.3 is 5.11 Å². The minimum Gasteiger partial charge on any atom is -0.493 e. The zero-order valence-electron chi connectivity index (χ0n) is 15.4. The molecule has 0 unspecified atom stereocenters. The Balaban J connectivity index is 1.82. The highest BCUT2D eigenvalue weighted by atomic mass is 16.3. The third-order valence-corrected chi connectivity index (χ3v) is 4.39. The molecule has 0 saturated carbocycles. The van der Waals surface area contributed by atoms with Crippen molar-refractivity contribution in [1.82, 2.24) is 9.78 Å². The average molecular weight is 368 g/mol. The minimum atomic E-state index is 0.0566. The second-order valence-corrected chi connectivity index (χ2v) is 6.34. The van der Waals surface area contributed by atoms with E-state index in [1.165, 1.54) is 4.68 Å². The highest BCUT2D eigenvalue weighted by molar-refractivity contribution is 6.15. The maximum absolute atomic E-state index is 11.0. The van der Waals surface area contributed by atoms with Gasteiger partial charge in [-0.05, 0) is 31.2 Å². The van der Waals surface area contributed by atoms with Crippen LogP contribution in [0.1, 0.15) is 16.8 Å². The third-order valence-electron chi connectivity index (χ3n) is 4.39. The fourth-order valence-corrected chi connectivity index (χ4v) is 3.04. The van der Waals surface area contributed by atoms with Gasteiger partial charge in [0.25, 0.3) is 0 Å². The van der Waals surface area contributed by atoms with Gasteiger partial charge >= 0.3 is 0 Å². The molecule has 0 aliphatic heterocycles. The zero-order chi connectivity index (χ0) is 19.3. The molecule has 1 heterocycles. The largest absolute Gasteiger partial charge is 0.493 e. The summed E-state index contributed by atoms with van der Waals surface area (Å²) in [5.74, 6) is 0.0566. The number of rotatable bonds is 5. The van der Waals surface area contributed by atoms with Crippen LogP contribution in [0.3, 0.4) is 0 Å². The lowest BCUT2D eigenvalue weighted by Crippen LogP contribution is -2.08. The van der Waals surface area contributed by atoms with Crippen LogP contribution < -0.4 is 5.43 Å². The third kappa shape index (κ3) is 3.50. The molecule has 0 bridgehead atoms. The summed E-state index contributed by atoms with van der Waals surface area (Å²) in [6, 6.07) is 29.0. The molecule has 0 aliphatic carbocycles. The van der Waals surface area contributed by atoms with E-state index in [0.29, 0.717) is 17.0 Å². The molecule has 4 rings (SSSR count). The van der Waals surface area contributed by atoms with Crippen molar-refractivity contribution >= 4 is 11.4 Å². The van der Waals surface area contributed by atoms with E-state index in [2.05, 4.69) is 15.6 Å². The first-order valence-electron chi connectivity index (χ1n) is 9.02. The Hall–Kier alpha value is -3.86. The summed E-state index contributed by atoms with van der Waals surface area (Å²) in [4.78, 5) is 0. The fraction of sp³-hybridized carbons (Fsp3) is 0.0435. The molecule has 0 saturated heterocycles. The van der Waals surface area contributed by atoms with Gasteiger partial charge in [-0.15, -0.1) is 0 Å². The second kappa shape index (κ2) is 7.80. The number of aromatic nitrogens is 2. The van der Waals surface area contributed by atoms with Crippen LogP contribution in [0.5, 0.6) is 5.88 Å². The number of benzene rings is 3. The first-order chi connectivity index (χ1) is 13.7. The highest BCUT2D eigenvalue weighted by Crippen LogP contribution is 2.27. The van der Waals surface area contributed by atoms with Crippen LogP contribution in [-0.4, -0.2) is 20.6 Å². The smallest absolute Gasteiger partial charge is 0.224 e. The summed E-state index contributed by atoms with van der Waals surface area (Å²) in [6.07, 6.45) is 0. The van der Waals surface area contributed by atoms with Gasteiger partial charge in [0.1, 0.15) is 5.71 Å². The SMILES string of the molecule is Cc1nn(-c2ccccc2)c(O)c1C(=NNc1ccccc1)c1ccccc1. The molecule has 0 aliphatic rings. The first-order valence-corrected chi connectivity index (χ1v) is 9.02. The van der Waals surface area contributed by atoms with Crippen LogP contribution in [0.4, 0.5) is 5.69 Å². The van der Waals surface area contributed by atoms with Gasteiger partial charge in [0, 0.05) is 5.56 Å². The van der Waals surface area contributed by atoms with Crippen LogP contribution in [0, 0.1) is 6.92 Å². The van der Waals surface area contributed by atoms with Gasteiger partial charge in [-0.3, -0.25) is 5.43 Å². The van der Waals surface area contributed by atoms with Gasteiger partial charge in [0.15, 0.2) is 0 Å². The number of nitrogens with zero attached hydrogens (tertiary/aromatic N) is 3. The molecule has 5 nitrogen and oxygen atoms in total. The highest BCUT2D eigenvalue weighted by Gasteiger charge is 2.22. The standard InChI is InChI=1S/C23H20N4O/c1-17-21(23(28)27(26-17)20-15-9-4-10-16-20)22(18-11-5-2-6-12-18)25-24-19-13-7-3-8-14-19/h2-16,24,28H,1H3. The van der Waals surface area contributed by atoms with Gasteiger partial charge in [-0.25, -0.2) is 4.68 Å². The van der Waals surface area contributed by atoms with Gasteiger partial charge in [0.2, 0.25) is 5.88 Å². The maximum Gasteiger partial charge on any atom is 0.224 e. The second-order valence-electron chi connectivity index (χ2n) is 6.34. The van der Waals surface area contributed by atoms with Gasteiger partial charge in [0.05, 0.1) is 22.6 Å². The van der Waals surface area contributed by atoms with E-state index in [0.717, 1.165) is 16.9 Å². The van der Waals surface area contributed by atoms with E-state index in [4.69, 9.17) is 0 Å². The summed E-state index contributed by atoms with van der Waals surface area (Å²) >= 11 is 0. The Morgan fingerprint density at radius 3 is 2.07 bits per heavy atom. The van der Waals surface area contributed by atoms with Crippen molar-refractivity contribution in [2.45, 2.75) is 6.92 Å². The molecule has 2 N–H and O–H groups in total. The van der Waals surface area contributed by atoms with E-state index >= 15 is 0 Å². The molecule has 0 spiro atoms. The summed E-state index contributed by atoms with van der Waals surface area (Å²) < 4.78 is 1.53. The molecule has 28 heavy (non-hydrogen) atoms. The van der Waals surface area contributed by atoms with E-state index < -0.39 is 0 Å². The molecule has 5 heteroatoms. The minimum absolute atomic E-state index is 0.0566. The number of hydrogen-bond donors (Lipinski definition) is 2. The Bertz CT molecular complexity index is 1090. The Morgan fingerprint density at radius 1 is 0.857 bits per heavy atom. The van der Waals surface area contributed by atoms with Crippen LogP contribution in [-0.2, 0) is 0 Å². The van der Waals surface area contributed by atoms with Crippen molar-refractivity contribution < 1.29 is 5.11 Å². The van der Waals surface area contributed by atoms with Crippen molar-refractivity contribution in [3.05, 3.63) is 108 Å². The lowest BCUT2D eigenvalue weighted by Gasteiger charge is -2.09. The molecular formula is C23H20N4O. The van der Waals surface area contributed by atoms with Crippen LogP contribution in [0.25, 0.3) is 5.69 Å². The van der Waals surface area contributed by atoms with Crippen LogP contribution in [0.2, 0.25) is 0 Å². The normalized spacial score (nSPS) is 11.4. The first kappa shape index (κ1) is 17.5. The number of aromatic hydroxyl groups is 1. The van der Waals surface area contributed by atoms with Crippen LogP contribution in [0.15, 0.2) is 96.1 Å². The predicted molar refractivity (Wildman–Crippen MR) is 112 cm³/mol. The Morgan fingerprint density at radius 2 is 1.43 bits per heavy atom. The molecule has 0 atom stereocenters. The lowest BCUT2D eigenvalue weighted by atomic mass is 10.0. The topological polar surface area (TPSA) is 62.4 Å². The van der Waals surface area contributed by atoms with E-state index in [1.54, 1.807) is 0 Å². The Kier molecular flexibility index (Phi) is 4.89. The summed E-state index contributed by atoms with van der Waals surface area (Å²) in [5, 5.41) is 20.1. The van der Waals surface area contributed by atoms with E-state index in [9.17, 15) is 5.11 Å². The molecule has 138 valence electrons. The summed E-state index contributed by atoms with van der Waals surface area (Å²) in [5.41, 5.74) is 7.54. The molecule has 0 radical (unpaired) electrons. The number of nitrogens with one attached hydrogen (secondary N) is 1. The quantitative estimate of drug-likeness (QED) is 0.395. The molecule has 4 aromatic rings. The van der Waals surface area contributed by atoms with Gasteiger partial charge in [-0.1, -0.05) is 66.7 Å². The molecule has 1 aromatic heterocycles. The van der Waals surface area contributed by atoms with Crippen LogP contribution >= 0.6 is 0 Å². The molecular weight excluding hydrogens is 348 g/mol. The van der Waals surface area contributed by atoms with E-state index in [1.807, 2.05) is 97.9 Å². The summed E-state index contributed by atoms with van der Waals surface area (Å²) in [7, 11) is 0. The number of aryl methyl sites for hydroxylation is 1. The van der Waals surface area contributed by atoms with Crippen molar-refractivity contribution in [2.75, 3.05) is 5.43 Å².